The first-order valence-electron chi connectivity index (χ1n) is 24.6. The van der Waals surface area contributed by atoms with Crippen molar-refractivity contribution in [2.24, 2.45) is 0 Å². The Morgan fingerprint density at radius 1 is 0.554 bits per heavy atom. The fourth-order valence-electron chi connectivity index (χ4n) is 11.2. The van der Waals surface area contributed by atoms with Crippen LogP contribution in [-0.2, 0) is 26.5 Å². The van der Waals surface area contributed by atoms with E-state index in [2.05, 4.69) is 180 Å². The molecule has 3 aliphatic rings. The van der Waals surface area contributed by atoms with Crippen LogP contribution < -0.4 is 39.9 Å². The summed E-state index contributed by atoms with van der Waals surface area (Å²) in [5, 5.41) is 2.19. The van der Waals surface area contributed by atoms with Gasteiger partial charge in [-0.25, -0.2) is 4.98 Å². The molecule has 15 rings (SSSR count). The molecule has 10 heteroatoms. The molecule has 0 spiro atoms. The number of nitrogens with zero attached hydrogens (tertiary/aromatic N) is 4. The summed E-state index contributed by atoms with van der Waals surface area (Å²) < 4.78 is 33.4. The first kappa shape index (κ1) is 44.1. The maximum Gasteiger partial charge on any atom is 0.270 e. The third-order valence-corrected chi connectivity index (χ3v) is 14.5. The van der Waals surface area contributed by atoms with Gasteiger partial charge in [0.15, 0.2) is 0 Å². The van der Waals surface area contributed by atoms with E-state index in [4.69, 9.17) is 23.9 Å². The molecule has 3 aromatic heterocycles. The molecule has 12 aromatic rings. The van der Waals surface area contributed by atoms with Crippen LogP contribution in [0, 0.1) is 18.5 Å². The van der Waals surface area contributed by atoms with E-state index in [-0.39, 0.29) is 33.2 Å². The summed E-state index contributed by atoms with van der Waals surface area (Å²) in [6, 6.07) is 71.7. The van der Waals surface area contributed by atoms with Gasteiger partial charge >= 0.3 is 0 Å². The molecule has 9 aromatic carbocycles. The van der Waals surface area contributed by atoms with Gasteiger partial charge in [-0.3, -0.25) is 4.57 Å². The third-order valence-electron chi connectivity index (χ3n) is 14.5. The van der Waals surface area contributed by atoms with E-state index >= 15 is 0 Å². The molecule has 3 aliphatic heterocycles. The molecule has 0 atom stereocenters. The number of benzene rings is 9. The minimum atomic E-state index is -0.127. The van der Waals surface area contributed by atoms with Crippen molar-refractivity contribution in [3.8, 4) is 85.4 Å². The standard InChI is InChI=1S/C64H41BN4O4.Pt/c1-64(2,3)40-33-34-66-58(35-40)69-49-22-8-7-19-45(49)46-30-29-43(37-52(46)69)70-42-18-11-17-41(36-42)67-38-68(51-24-10-9-23-50(51)67)62-44(39-15-5-4-6-16-39)20-12-21-47(62)48-31-32-57-61-63(48)73-56-28-14-27-55-60(56)65(61)59-53(71-55)25-13-26-54(59)72-57;/h4-35H,1-3H3;/q-2;. The first-order chi connectivity index (χ1) is 35.8. The first-order valence-corrected chi connectivity index (χ1v) is 24.6. The van der Waals surface area contributed by atoms with Crippen LogP contribution >= 0.6 is 0 Å². The van der Waals surface area contributed by atoms with Crippen LogP contribution in [0.3, 0.4) is 0 Å². The summed E-state index contributed by atoms with van der Waals surface area (Å²) in [7, 11) is 0. The number of imidazole rings is 1. The molecule has 0 saturated heterocycles. The molecule has 0 bridgehead atoms. The molecule has 0 radical (unpaired) electrons. The fraction of sp³-hybridized carbons (Fsp3) is 0.0625. The Kier molecular flexibility index (Phi) is 9.95. The molecular formula is C64H41BN4O4Pt-2. The molecular weight excluding hydrogens is 1090 g/mol. The predicted octanol–water partition coefficient (Wildman–Crippen LogP) is 13.1. The van der Waals surface area contributed by atoms with Gasteiger partial charge in [-0.1, -0.05) is 129 Å². The summed E-state index contributed by atoms with van der Waals surface area (Å²) in [4.78, 5) is 4.87. The molecule has 0 saturated carbocycles. The maximum atomic E-state index is 7.07. The van der Waals surface area contributed by atoms with Gasteiger partial charge < -0.3 is 28.1 Å². The molecule has 356 valence electrons. The van der Waals surface area contributed by atoms with Crippen molar-refractivity contribution in [1.29, 1.82) is 0 Å². The van der Waals surface area contributed by atoms with E-state index in [9.17, 15) is 0 Å². The maximum absolute atomic E-state index is 7.07. The zero-order valence-electron chi connectivity index (χ0n) is 40.3. The quantitative estimate of drug-likeness (QED) is 0.0904. The summed E-state index contributed by atoms with van der Waals surface area (Å²) in [6.07, 6.45) is 5.72. The van der Waals surface area contributed by atoms with Gasteiger partial charge in [-0.2, -0.15) is 18.2 Å². The van der Waals surface area contributed by atoms with Gasteiger partial charge in [-0.05, 0) is 93.3 Å². The third kappa shape index (κ3) is 6.73. The number of fused-ring (bicyclic) bond motifs is 4. The van der Waals surface area contributed by atoms with E-state index in [0.717, 1.165) is 123 Å². The van der Waals surface area contributed by atoms with Gasteiger partial charge in [0.25, 0.3) is 13.0 Å². The summed E-state index contributed by atoms with van der Waals surface area (Å²) in [6.45, 7) is 6.54. The van der Waals surface area contributed by atoms with Crippen molar-refractivity contribution < 1.29 is 44.6 Å². The molecule has 8 nitrogen and oxygen atoms in total. The number of ether oxygens (including phenoxy) is 4. The summed E-state index contributed by atoms with van der Waals surface area (Å²) >= 11 is 0. The van der Waals surface area contributed by atoms with Gasteiger partial charge in [0, 0.05) is 66.2 Å². The van der Waals surface area contributed by atoms with Gasteiger partial charge in [0.1, 0.15) is 40.3 Å². The second-order valence-electron chi connectivity index (χ2n) is 19.8. The van der Waals surface area contributed by atoms with Crippen LogP contribution in [0.4, 0.5) is 0 Å². The minimum Gasteiger partial charge on any atom is -0.510 e. The zero-order valence-corrected chi connectivity index (χ0v) is 42.6. The predicted molar refractivity (Wildman–Crippen MR) is 287 cm³/mol. The topological polar surface area (TPSA) is 63.6 Å². The monoisotopic (exact) mass is 1140 g/mol. The number of pyridine rings is 1. The van der Waals surface area contributed by atoms with Gasteiger partial charge in [0.05, 0.1) is 16.7 Å². The van der Waals surface area contributed by atoms with Gasteiger partial charge in [-0.15, -0.1) is 29.7 Å². The number of para-hydroxylation sites is 4. The van der Waals surface area contributed by atoms with Crippen LogP contribution in [0.1, 0.15) is 26.3 Å². The van der Waals surface area contributed by atoms with Crippen molar-refractivity contribution in [2.45, 2.75) is 26.2 Å². The van der Waals surface area contributed by atoms with Crippen molar-refractivity contribution in [3.63, 3.8) is 0 Å². The van der Waals surface area contributed by atoms with Crippen molar-refractivity contribution >= 4 is 55.9 Å². The minimum absolute atomic E-state index is 0. The van der Waals surface area contributed by atoms with E-state index in [1.54, 1.807) is 0 Å². The summed E-state index contributed by atoms with van der Waals surface area (Å²) in [5.74, 6) is 6.63. The molecule has 0 unspecified atom stereocenters. The molecule has 0 N–H and O–H groups in total. The van der Waals surface area contributed by atoms with E-state index in [1.807, 2.05) is 66.9 Å². The van der Waals surface area contributed by atoms with Crippen LogP contribution in [-0.4, -0.2) is 20.8 Å². The fourth-order valence-corrected chi connectivity index (χ4v) is 11.2. The van der Waals surface area contributed by atoms with Crippen molar-refractivity contribution in [1.82, 2.24) is 14.1 Å². The van der Waals surface area contributed by atoms with Crippen LogP contribution in [0.15, 0.2) is 194 Å². The van der Waals surface area contributed by atoms with E-state index in [0.29, 0.717) is 11.5 Å². The molecule has 0 aliphatic carbocycles. The number of aromatic nitrogens is 4. The van der Waals surface area contributed by atoms with E-state index < -0.39 is 0 Å². The summed E-state index contributed by atoms with van der Waals surface area (Å²) in [5.41, 5.74) is 13.7. The largest absolute Gasteiger partial charge is 0.510 e. The number of hydrogen-bond acceptors (Lipinski definition) is 5. The van der Waals surface area contributed by atoms with E-state index in [1.165, 1.54) is 5.56 Å². The Morgan fingerprint density at radius 3 is 2.00 bits per heavy atom. The molecule has 74 heavy (non-hydrogen) atoms. The molecule has 6 heterocycles. The van der Waals surface area contributed by atoms with Gasteiger partial charge in [0.2, 0.25) is 0 Å². The van der Waals surface area contributed by atoms with Crippen molar-refractivity contribution in [3.05, 3.63) is 218 Å². The Bertz CT molecular complexity index is 4260. The Balaban J connectivity index is 0.00000505. The van der Waals surface area contributed by atoms with Crippen LogP contribution in [0.25, 0.3) is 72.3 Å². The Hall–Kier alpha value is -8.65. The normalized spacial score (nSPS) is 12.7. The van der Waals surface area contributed by atoms with Crippen LogP contribution in [0.2, 0.25) is 0 Å². The second kappa shape index (κ2) is 16.7. The smallest absolute Gasteiger partial charge is 0.270 e. The average molecular weight is 1140 g/mol. The number of hydrogen-bond donors (Lipinski definition) is 0. The van der Waals surface area contributed by atoms with Crippen LogP contribution in [0.5, 0.6) is 46.0 Å². The molecule has 0 amide bonds. The van der Waals surface area contributed by atoms with Crippen molar-refractivity contribution in [2.75, 3.05) is 0 Å². The Labute approximate surface area is 442 Å². The second-order valence-corrected chi connectivity index (χ2v) is 19.8. The average Bonchev–Trinajstić information content (AvgIpc) is 3.97. The SMILES string of the molecule is CC(C)(C)c1ccnc(-n2c3[c-]c(Oc4[c-]c(-n5[c-][n+](-c6c(-c7ccccc7)cccc6-c6ccc7c8c6Oc6cccc9c6B8c6c(cccc6O7)O9)c6ccccc65)ccc4)ccc3c3ccccc32)c1.[Pt]. The Morgan fingerprint density at radius 2 is 1.22 bits per heavy atom. The zero-order chi connectivity index (χ0) is 48.5. The molecule has 0 fully saturated rings. The number of rotatable bonds is 7.